The summed E-state index contributed by atoms with van der Waals surface area (Å²) in [4.78, 5) is 23.1. The molecule has 0 aliphatic heterocycles. The molecule has 0 aliphatic carbocycles. The summed E-state index contributed by atoms with van der Waals surface area (Å²) in [5, 5.41) is 17.8. The molecule has 0 spiro atoms. The molecular weight excluding hydrogens is 528 g/mol. The Bertz CT molecular complexity index is 1110. The van der Waals surface area contributed by atoms with Gasteiger partial charge in [0.15, 0.2) is 0 Å². The van der Waals surface area contributed by atoms with E-state index in [0.717, 1.165) is 30.4 Å². The number of benzene rings is 2. The number of unbranched alkanes of at least 4 members (excludes halogenated alkanes) is 4. The minimum atomic E-state index is -0.647. The average Bonchev–Trinajstić information content (AvgIpc) is 3.00. The molecule has 0 bridgehead atoms. The lowest BCUT2D eigenvalue weighted by molar-refractivity contribution is -0.141. The quantitative estimate of drug-likeness (QED) is 0.125. The highest BCUT2D eigenvalue weighted by atomic mass is 16.6. The summed E-state index contributed by atoms with van der Waals surface area (Å²) in [5.41, 5.74) is 2.21. The van der Waals surface area contributed by atoms with Crippen molar-refractivity contribution in [1.29, 1.82) is 0 Å². The first kappa shape index (κ1) is 33.4. The first-order valence-corrected chi connectivity index (χ1v) is 13.9. The number of aryl methyl sites for hydroxylation is 1. The third kappa shape index (κ3) is 12.9. The summed E-state index contributed by atoms with van der Waals surface area (Å²) in [7, 11) is 0. The van der Waals surface area contributed by atoms with Gasteiger partial charge in [-0.05, 0) is 60.4 Å². The molecule has 0 unspecified atom stereocenters. The third-order valence-corrected chi connectivity index (χ3v) is 6.07. The summed E-state index contributed by atoms with van der Waals surface area (Å²) in [6.45, 7) is 9.00. The number of carbonyl (C=O) groups excluding carboxylic acids is 2. The van der Waals surface area contributed by atoms with Gasteiger partial charge in [0.05, 0.1) is 24.4 Å². The number of ether oxygens (including phenoxy) is 5. The van der Waals surface area contributed by atoms with Crippen molar-refractivity contribution in [3.63, 3.8) is 0 Å². The van der Waals surface area contributed by atoms with Gasteiger partial charge in [-0.3, -0.25) is 0 Å². The van der Waals surface area contributed by atoms with Crippen molar-refractivity contribution in [3.05, 3.63) is 77.9 Å². The molecule has 0 amide bonds. The summed E-state index contributed by atoms with van der Waals surface area (Å²) in [6, 6.07) is 13.0. The lowest BCUT2D eigenvalue weighted by Crippen LogP contribution is -2.15. The molecule has 0 atom stereocenters. The maximum Gasteiger partial charge on any atom is 0.335 e. The highest BCUT2D eigenvalue weighted by molar-refractivity contribution is 5.88. The predicted octanol–water partition coefficient (Wildman–Crippen LogP) is 4.72. The minimum Gasteiger partial charge on any atom is -0.490 e. The zero-order valence-electron chi connectivity index (χ0n) is 23.9. The van der Waals surface area contributed by atoms with E-state index < -0.39 is 25.2 Å². The van der Waals surface area contributed by atoms with Gasteiger partial charge in [-0.15, -0.1) is 0 Å². The van der Waals surface area contributed by atoms with Gasteiger partial charge in [0, 0.05) is 0 Å². The van der Waals surface area contributed by atoms with E-state index in [1.807, 2.05) is 30.3 Å². The smallest absolute Gasteiger partial charge is 0.335 e. The van der Waals surface area contributed by atoms with E-state index in [9.17, 15) is 9.59 Å². The summed E-state index contributed by atoms with van der Waals surface area (Å²) < 4.78 is 27.4. The van der Waals surface area contributed by atoms with Crippen LogP contribution in [0.4, 0.5) is 0 Å². The molecule has 0 aliphatic rings. The van der Waals surface area contributed by atoms with Crippen LogP contribution in [0.15, 0.2) is 66.8 Å². The number of hydrogen-bond donors (Lipinski definition) is 2. The van der Waals surface area contributed by atoms with Crippen LogP contribution < -0.4 is 14.2 Å². The van der Waals surface area contributed by atoms with Gasteiger partial charge < -0.3 is 33.9 Å². The van der Waals surface area contributed by atoms with Crippen molar-refractivity contribution in [1.82, 2.24) is 0 Å². The van der Waals surface area contributed by atoms with Crippen LogP contribution in [0.3, 0.4) is 0 Å². The van der Waals surface area contributed by atoms with Crippen LogP contribution in [0.1, 0.15) is 50.2 Å². The first-order valence-electron chi connectivity index (χ1n) is 13.9. The fraction of sp³-hybridized carbons (Fsp3) is 0.438. The summed E-state index contributed by atoms with van der Waals surface area (Å²) in [5.74, 6) is 0.689. The molecule has 0 saturated heterocycles. The van der Waals surface area contributed by atoms with Crippen LogP contribution in [-0.2, 0) is 32.1 Å². The van der Waals surface area contributed by atoms with E-state index in [2.05, 4.69) is 20.1 Å². The topological polar surface area (TPSA) is 121 Å². The molecule has 0 radical (unpaired) electrons. The Labute approximate surface area is 242 Å². The summed E-state index contributed by atoms with van der Waals surface area (Å²) >= 11 is 0. The molecular formula is C32H42O9. The Kier molecular flexibility index (Phi) is 15.7. The second-order valence-electron chi connectivity index (χ2n) is 9.35. The van der Waals surface area contributed by atoms with Crippen LogP contribution in [0.5, 0.6) is 17.2 Å². The van der Waals surface area contributed by atoms with Gasteiger partial charge in [-0.1, -0.05) is 51.8 Å². The van der Waals surface area contributed by atoms with Crippen molar-refractivity contribution in [3.8, 4) is 17.2 Å². The Morgan fingerprint density at radius 2 is 1.17 bits per heavy atom. The standard InChI is InChI=1S/C32H42O9/c1-4-5-6-7-8-9-26-20-30(38-17-19-40-32(36)25(3)22-34)11-10-27(26)23-41-29-14-12-28(13-15-29)37-16-18-39-31(35)24(2)21-33/h10-15,20,33-34H,2-9,16-19,21-23H2,1H3. The SMILES string of the molecule is C=C(CO)C(=O)OCCOc1ccc(OCc2ccc(OCCOC(=O)C(=C)CO)cc2CCCCCCC)cc1. The molecule has 224 valence electrons. The van der Waals surface area contributed by atoms with Crippen LogP contribution in [0, 0.1) is 0 Å². The van der Waals surface area contributed by atoms with Crippen LogP contribution in [-0.4, -0.2) is 61.8 Å². The molecule has 2 aromatic rings. The number of hydrogen-bond acceptors (Lipinski definition) is 9. The molecule has 2 aromatic carbocycles. The van der Waals surface area contributed by atoms with Crippen LogP contribution in [0.25, 0.3) is 0 Å². The van der Waals surface area contributed by atoms with Gasteiger partial charge in [0.2, 0.25) is 0 Å². The van der Waals surface area contributed by atoms with Crippen molar-refractivity contribution < 1.29 is 43.5 Å². The second kappa shape index (κ2) is 19.3. The monoisotopic (exact) mass is 570 g/mol. The lowest BCUT2D eigenvalue weighted by Gasteiger charge is -2.15. The van der Waals surface area contributed by atoms with Crippen molar-refractivity contribution >= 4 is 11.9 Å². The number of esters is 2. The van der Waals surface area contributed by atoms with Crippen molar-refractivity contribution in [2.45, 2.75) is 52.1 Å². The molecule has 2 rings (SSSR count). The van der Waals surface area contributed by atoms with Crippen LogP contribution >= 0.6 is 0 Å². The predicted molar refractivity (Wildman–Crippen MR) is 155 cm³/mol. The van der Waals surface area contributed by atoms with Gasteiger partial charge >= 0.3 is 11.9 Å². The Morgan fingerprint density at radius 3 is 1.73 bits per heavy atom. The largest absolute Gasteiger partial charge is 0.490 e. The molecule has 0 fully saturated rings. The van der Waals surface area contributed by atoms with E-state index in [1.165, 1.54) is 19.3 Å². The molecule has 9 heteroatoms. The number of rotatable bonds is 21. The molecule has 2 N–H and O–H groups in total. The highest BCUT2D eigenvalue weighted by Crippen LogP contribution is 2.24. The number of aliphatic hydroxyl groups is 2. The number of carbonyl (C=O) groups is 2. The van der Waals surface area contributed by atoms with E-state index in [0.29, 0.717) is 23.9 Å². The highest BCUT2D eigenvalue weighted by Gasteiger charge is 2.10. The Balaban J connectivity index is 1.90. The van der Waals surface area contributed by atoms with Crippen molar-refractivity contribution in [2.24, 2.45) is 0 Å². The molecule has 41 heavy (non-hydrogen) atoms. The van der Waals surface area contributed by atoms with E-state index in [-0.39, 0.29) is 37.6 Å². The van der Waals surface area contributed by atoms with Gasteiger partial charge in [-0.2, -0.15) is 0 Å². The Morgan fingerprint density at radius 1 is 0.659 bits per heavy atom. The van der Waals surface area contributed by atoms with E-state index >= 15 is 0 Å². The maximum absolute atomic E-state index is 11.6. The van der Waals surface area contributed by atoms with Gasteiger partial charge in [0.25, 0.3) is 0 Å². The molecule has 0 aromatic heterocycles. The zero-order chi connectivity index (χ0) is 29.9. The maximum atomic E-state index is 11.6. The Hall–Kier alpha value is -3.82. The van der Waals surface area contributed by atoms with Gasteiger partial charge in [-0.25, -0.2) is 9.59 Å². The van der Waals surface area contributed by atoms with E-state index in [4.69, 9.17) is 33.9 Å². The van der Waals surface area contributed by atoms with E-state index in [1.54, 1.807) is 12.1 Å². The van der Waals surface area contributed by atoms with Crippen LogP contribution in [0.2, 0.25) is 0 Å². The molecule has 0 heterocycles. The summed E-state index contributed by atoms with van der Waals surface area (Å²) in [6.07, 6.45) is 6.74. The lowest BCUT2D eigenvalue weighted by atomic mass is 10.0. The number of aliphatic hydroxyl groups excluding tert-OH is 2. The molecule has 0 saturated carbocycles. The average molecular weight is 571 g/mol. The first-order chi connectivity index (χ1) is 19.9. The minimum absolute atomic E-state index is 0.00202. The normalized spacial score (nSPS) is 10.5. The fourth-order valence-corrected chi connectivity index (χ4v) is 3.70. The van der Waals surface area contributed by atoms with Gasteiger partial charge in [0.1, 0.15) is 50.3 Å². The second-order valence-corrected chi connectivity index (χ2v) is 9.35. The fourth-order valence-electron chi connectivity index (χ4n) is 3.70. The zero-order valence-corrected chi connectivity index (χ0v) is 23.9. The van der Waals surface area contributed by atoms with Crippen molar-refractivity contribution in [2.75, 3.05) is 39.6 Å². The third-order valence-electron chi connectivity index (χ3n) is 6.07. The molecule has 9 nitrogen and oxygen atoms in total.